The van der Waals surface area contributed by atoms with Gasteiger partial charge in [-0.3, -0.25) is 4.79 Å². The molecule has 1 aliphatic carbocycles. The highest BCUT2D eigenvalue weighted by atomic mass is 32.2. The second-order valence-electron chi connectivity index (χ2n) is 9.79. The van der Waals surface area contributed by atoms with Gasteiger partial charge >= 0.3 is 5.97 Å². The van der Waals surface area contributed by atoms with Crippen molar-refractivity contribution in [1.82, 2.24) is 0 Å². The van der Waals surface area contributed by atoms with Crippen molar-refractivity contribution in [2.24, 2.45) is 11.8 Å². The summed E-state index contributed by atoms with van der Waals surface area (Å²) in [5.41, 5.74) is 0. The maximum Gasteiger partial charge on any atom is 0.311 e. The van der Waals surface area contributed by atoms with Gasteiger partial charge in [-0.05, 0) is 55.6 Å². The number of carbonyl (C=O) groups excluding carboxylic acids is 1. The fourth-order valence-electron chi connectivity index (χ4n) is 3.92. The van der Waals surface area contributed by atoms with E-state index in [9.17, 15) is 13.2 Å². The Labute approximate surface area is 175 Å². The first-order valence-corrected chi connectivity index (χ1v) is 14.7. The zero-order chi connectivity index (χ0) is 21.6. The monoisotopic (exact) mass is 436 g/mol. The van der Waals surface area contributed by atoms with E-state index in [1.165, 1.54) is 0 Å². The van der Waals surface area contributed by atoms with E-state index in [0.29, 0.717) is 18.6 Å². The number of cyclic esters (lactones) is 1. The number of hydrogen-bond donors (Lipinski definition) is 0. The van der Waals surface area contributed by atoms with Gasteiger partial charge in [0.2, 0.25) is 8.32 Å². The van der Waals surface area contributed by atoms with Crippen molar-refractivity contribution in [3.8, 4) is 0 Å². The highest BCUT2D eigenvalue weighted by molar-refractivity contribution is 7.92. The van der Waals surface area contributed by atoms with Gasteiger partial charge in [0.15, 0.2) is 9.84 Å². The third-order valence-corrected chi connectivity index (χ3v) is 13.0. The van der Waals surface area contributed by atoms with Crippen molar-refractivity contribution < 1.29 is 22.4 Å². The summed E-state index contributed by atoms with van der Waals surface area (Å²) in [6, 6.07) is 8.34. The fourth-order valence-corrected chi connectivity index (χ4v) is 6.94. The SMILES string of the molecule is C[C@@H]1C[C@@H]2CC(O[Si](C)(C)C(C)(C)C)=C[C@@H](S(=O)(=O)c3ccccc3)[C@@H]2C(=O)O1. The Hall–Kier alpha value is -1.60. The van der Waals surface area contributed by atoms with Crippen LogP contribution in [0.15, 0.2) is 47.1 Å². The topological polar surface area (TPSA) is 69.7 Å². The molecule has 0 spiro atoms. The van der Waals surface area contributed by atoms with Gasteiger partial charge in [0.1, 0.15) is 5.25 Å². The normalized spacial score (nSPS) is 28.2. The average molecular weight is 437 g/mol. The summed E-state index contributed by atoms with van der Waals surface area (Å²) in [5.74, 6) is -0.493. The minimum atomic E-state index is -3.75. The van der Waals surface area contributed by atoms with Crippen molar-refractivity contribution in [2.75, 3.05) is 0 Å². The number of rotatable bonds is 4. The minimum absolute atomic E-state index is 0.00270. The fraction of sp³-hybridized carbons (Fsp3) is 0.591. The molecule has 0 saturated carbocycles. The molecule has 3 rings (SSSR count). The second kappa shape index (κ2) is 7.58. The van der Waals surface area contributed by atoms with E-state index >= 15 is 0 Å². The van der Waals surface area contributed by atoms with Crippen LogP contribution in [-0.2, 0) is 23.8 Å². The largest absolute Gasteiger partial charge is 0.547 e. The number of ether oxygens (including phenoxy) is 1. The van der Waals surface area contributed by atoms with Crippen LogP contribution in [0.4, 0.5) is 0 Å². The standard InChI is InChI=1S/C22H32O5SSi/c1-15-12-16-13-17(27-29(5,6)22(2,3)4)14-19(20(16)21(23)26-15)28(24,25)18-10-8-7-9-11-18/h7-11,14-16,19-20H,12-13H2,1-6H3/t15-,16-,19-,20-/m1/s1. The first-order chi connectivity index (χ1) is 13.3. The Morgan fingerprint density at radius 1 is 1.14 bits per heavy atom. The van der Waals surface area contributed by atoms with Crippen LogP contribution in [0, 0.1) is 11.8 Å². The smallest absolute Gasteiger partial charge is 0.311 e. The van der Waals surface area contributed by atoms with Gasteiger partial charge in [0.25, 0.3) is 0 Å². The summed E-state index contributed by atoms with van der Waals surface area (Å²) in [4.78, 5) is 13.0. The van der Waals surface area contributed by atoms with Gasteiger partial charge in [-0.15, -0.1) is 0 Å². The van der Waals surface area contributed by atoms with Gasteiger partial charge in [0, 0.05) is 6.42 Å². The lowest BCUT2D eigenvalue weighted by molar-refractivity contribution is -0.163. The lowest BCUT2D eigenvalue weighted by Gasteiger charge is -2.43. The molecule has 0 bridgehead atoms. The van der Waals surface area contributed by atoms with Crippen molar-refractivity contribution in [3.05, 3.63) is 42.2 Å². The van der Waals surface area contributed by atoms with Gasteiger partial charge in [-0.1, -0.05) is 39.0 Å². The van der Waals surface area contributed by atoms with E-state index in [1.807, 2.05) is 6.92 Å². The maximum absolute atomic E-state index is 13.5. The average Bonchev–Trinajstić information content (AvgIpc) is 2.60. The molecular formula is C22H32O5SSi. The number of hydrogen-bond acceptors (Lipinski definition) is 5. The molecule has 0 unspecified atom stereocenters. The molecule has 7 heteroatoms. The third-order valence-electron chi connectivity index (χ3n) is 6.52. The highest BCUT2D eigenvalue weighted by Gasteiger charge is 2.50. The minimum Gasteiger partial charge on any atom is -0.547 e. The van der Waals surface area contributed by atoms with Crippen LogP contribution in [0.2, 0.25) is 18.1 Å². The van der Waals surface area contributed by atoms with Crippen LogP contribution in [0.25, 0.3) is 0 Å². The van der Waals surface area contributed by atoms with Crippen LogP contribution in [0.1, 0.15) is 40.5 Å². The summed E-state index contributed by atoms with van der Waals surface area (Å²) in [5, 5.41) is -0.972. The lowest BCUT2D eigenvalue weighted by atomic mass is 9.77. The summed E-state index contributed by atoms with van der Waals surface area (Å²) >= 11 is 0. The van der Waals surface area contributed by atoms with Gasteiger partial charge in [-0.2, -0.15) is 0 Å². The molecule has 1 aromatic rings. The Morgan fingerprint density at radius 2 is 1.76 bits per heavy atom. The van der Waals surface area contributed by atoms with Crippen LogP contribution < -0.4 is 0 Å². The number of sulfone groups is 1. The van der Waals surface area contributed by atoms with E-state index in [1.54, 1.807) is 36.4 Å². The molecular weight excluding hydrogens is 404 g/mol. The Morgan fingerprint density at radius 3 is 2.34 bits per heavy atom. The van der Waals surface area contributed by atoms with E-state index in [-0.39, 0.29) is 22.0 Å². The number of fused-ring (bicyclic) bond motifs is 1. The molecule has 0 aromatic heterocycles. The summed E-state index contributed by atoms with van der Waals surface area (Å²) in [7, 11) is -5.88. The number of carbonyl (C=O) groups is 1. The van der Waals surface area contributed by atoms with E-state index in [2.05, 4.69) is 33.9 Å². The van der Waals surface area contributed by atoms with Gasteiger partial charge in [0.05, 0.1) is 22.7 Å². The third kappa shape index (κ3) is 4.31. The molecule has 29 heavy (non-hydrogen) atoms. The molecule has 1 saturated heterocycles. The quantitative estimate of drug-likeness (QED) is 0.505. The van der Waals surface area contributed by atoms with Crippen molar-refractivity contribution >= 4 is 24.1 Å². The zero-order valence-electron chi connectivity index (χ0n) is 18.1. The summed E-state index contributed by atoms with van der Waals surface area (Å²) in [6.45, 7) is 12.6. The molecule has 1 fully saturated rings. The molecule has 1 aromatic carbocycles. The van der Waals surface area contributed by atoms with Crippen LogP contribution in [-0.4, -0.2) is 34.1 Å². The summed E-state index contributed by atoms with van der Waals surface area (Å²) < 4.78 is 38.9. The van der Waals surface area contributed by atoms with Crippen molar-refractivity contribution in [3.63, 3.8) is 0 Å². The molecule has 0 amide bonds. The molecule has 2 aliphatic rings. The first kappa shape index (κ1) is 22.1. The predicted molar refractivity (Wildman–Crippen MR) is 116 cm³/mol. The Kier molecular flexibility index (Phi) is 5.77. The van der Waals surface area contributed by atoms with Crippen LogP contribution in [0.3, 0.4) is 0 Å². The molecule has 0 N–H and O–H groups in total. The maximum atomic E-state index is 13.5. The Bertz CT molecular complexity index is 899. The number of esters is 1. The number of benzene rings is 1. The summed E-state index contributed by atoms with van der Waals surface area (Å²) in [6.07, 6.45) is 2.70. The van der Waals surface area contributed by atoms with Crippen molar-refractivity contribution in [2.45, 2.75) is 74.9 Å². The van der Waals surface area contributed by atoms with Crippen LogP contribution in [0.5, 0.6) is 0 Å². The van der Waals surface area contributed by atoms with Crippen molar-refractivity contribution in [1.29, 1.82) is 0 Å². The predicted octanol–water partition coefficient (Wildman–Crippen LogP) is 4.71. The lowest BCUT2D eigenvalue weighted by Crippen LogP contribution is -2.49. The molecule has 1 aliphatic heterocycles. The molecule has 4 atom stereocenters. The molecule has 0 radical (unpaired) electrons. The van der Waals surface area contributed by atoms with E-state index in [4.69, 9.17) is 9.16 Å². The van der Waals surface area contributed by atoms with Gasteiger partial charge < -0.3 is 9.16 Å². The van der Waals surface area contributed by atoms with E-state index < -0.39 is 35.3 Å². The molecule has 5 nitrogen and oxygen atoms in total. The zero-order valence-corrected chi connectivity index (χ0v) is 20.0. The van der Waals surface area contributed by atoms with Gasteiger partial charge in [-0.25, -0.2) is 8.42 Å². The Balaban J connectivity index is 2.06. The second-order valence-corrected chi connectivity index (χ2v) is 16.6. The van der Waals surface area contributed by atoms with Crippen LogP contribution >= 0.6 is 0 Å². The molecule has 160 valence electrons. The van der Waals surface area contributed by atoms with E-state index in [0.717, 1.165) is 0 Å². The molecule has 1 heterocycles. The first-order valence-electron chi connectivity index (χ1n) is 10.2. The highest BCUT2D eigenvalue weighted by Crippen LogP contribution is 2.45. The number of allylic oxidation sites excluding steroid dienone is 1.